The molecule has 21 heavy (non-hydrogen) atoms. The Hall–Kier alpha value is -1.42. The van der Waals surface area contributed by atoms with Crippen LogP contribution in [-0.2, 0) is 11.2 Å². The van der Waals surface area contributed by atoms with Crippen LogP contribution in [0.15, 0.2) is 48.5 Å². The van der Waals surface area contributed by atoms with Crippen LogP contribution in [0.25, 0.3) is 0 Å². The predicted octanol–water partition coefficient (Wildman–Crippen LogP) is 3.75. The van der Waals surface area contributed by atoms with E-state index in [1.54, 1.807) is 6.07 Å². The van der Waals surface area contributed by atoms with Gasteiger partial charge in [-0.3, -0.25) is 0 Å². The largest absolute Gasteiger partial charge is 0.371 e. The molecular formula is C17H17ClFNO. The van der Waals surface area contributed by atoms with Crippen LogP contribution in [0.4, 0.5) is 4.39 Å². The molecule has 2 aromatic rings. The summed E-state index contributed by atoms with van der Waals surface area (Å²) in [5.74, 6) is -0.325. The van der Waals surface area contributed by atoms with Crippen LogP contribution in [0.5, 0.6) is 0 Å². The van der Waals surface area contributed by atoms with Crippen molar-refractivity contribution < 1.29 is 9.13 Å². The molecule has 2 aromatic carbocycles. The van der Waals surface area contributed by atoms with E-state index in [4.69, 9.17) is 16.3 Å². The SMILES string of the molecule is Fc1ccc(C2CNC(Cc3ccccc3)CO2)c(Cl)c1. The van der Waals surface area contributed by atoms with Crippen LogP contribution in [0, 0.1) is 5.82 Å². The van der Waals surface area contributed by atoms with E-state index in [-0.39, 0.29) is 11.9 Å². The van der Waals surface area contributed by atoms with E-state index in [1.807, 2.05) is 18.2 Å². The smallest absolute Gasteiger partial charge is 0.124 e. The predicted molar refractivity (Wildman–Crippen MR) is 82.0 cm³/mol. The number of morpholine rings is 1. The zero-order chi connectivity index (χ0) is 14.7. The van der Waals surface area contributed by atoms with Gasteiger partial charge in [0.15, 0.2) is 0 Å². The van der Waals surface area contributed by atoms with Crippen LogP contribution < -0.4 is 5.32 Å². The number of hydrogen-bond acceptors (Lipinski definition) is 2. The molecule has 1 fully saturated rings. The second kappa shape index (κ2) is 6.56. The Labute approximate surface area is 128 Å². The highest BCUT2D eigenvalue weighted by atomic mass is 35.5. The van der Waals surface area contributed by atoms with E-state index in [0.29, 0.717) is 24.2 Å². The first-order chi connectivity index (χ1) is 10.2. The van der Waals surface area contributed by atoms with Gasteiger partial charge in [0.25, 0.3) is 0 Å². The van der Waals surface area contributed by atoms with Crippen molar-refractivity contribution in [3.8, 4) is 0 Å². The second-order valence-electron chi connectivity index (χ2n) is 5.28. The van der Waals surface area contributed by atoms with Crippen molar-refractivity contribution in [2.24, 2.45) is 0 Å². The van der Waals surface area contributed by atoms with Gasteiger partial charge in [-0.2, -0.15) is 0 Å². The average molecular weight is 306 g/mol. The Morgan fingerprint density at radius 3 is 2.67 bits per heavy atom. The molecule has 0 spiro atoms. The van der Waals surface area contributed by atoms with E-state index in [2.05, 4.69) is 17.4 Å². The monoisotopic (exact) mass is 305 g/mol. The fourth-order valence-corrected chi connectivity index (χ4v) is 2.90. The maximum atomic E-state index is 13.1. The molecule has 110 valence electrons. The maximum absolute atomic E-state index is 13.1. The highest BCUT2D eigenvalue weighted by Crippen LogP contribution is 2.28. The summed E-state index contributed by atoms with van der Waals surface area (Å²) in [7, 11) is 0. The van der Waals surface area contributed by atoms with Gasteiger partial charge in [-0.15, -0.1) is 0 Å². The zero-order valence-electron chi connectivity index (χ0n) is 11.6. The van der Waals surface area contributed by atoms with Crippen molar-refractivity contribution in [3.05, 3.63) is 70.5 Å². The first-order valence-corrected chi connectivity index (χ1v) is 7.44. The fraction of sp³-hybridized carbons (Fsp3) is 0.294. The van der Waals surface area contributed by atoms with Crippen LogP contribution in [0.1, 0.15) is 17.2 Å². The maximum Gasteiger partial charge on any atom is 0.124 e. The topological polar surface area (TPSA) is 21.3 Å². The molecule has 1 aliphatic rings. The summed E-state index contributed by atoms with van der Waals surface area (Å²) in [4.78, 5) is 0. The molecule has 0 aliphatic carbocycles. The Balaban J connectivity index is 1.60. The molecule has 1 aliphatic heterocycles. The highest BCUT2D eigenvalue weighted by molar-refractivity contribution is 6.31. The Morgan fingerprint density at radius 1 is 1.19 bits per heavy atom. The van der Waals surface area contributed by atoms with Crippen molar-refractivity contribution in [1.82, 2.24) is 5.32 Å². The van der Waals surface area contributed by atoms with Gasteiger partial charge in [-0.05, 0) is 24.1 Å². The number of rotatable bonds is 3. The van der Waals surface area contributed by atoms with Crippen molar-refractivity contribution in [2.45, 2.75) is 18.6 Å². The number of halogens is 2. The van der Waals surface area contributed by atoms with Crippen molar-refractivity contribution in [1.29, 1.82) is 0 Å². The van der Waals surface area contributed by atoms with Gasteiger partial charge < -0.3 is 10.1 Å². The number of benzene rings is 2. The highest BCUT2D eigenvalue weighted by Gasteiger charge is 2.24. The third-order valence-electron chi connectivity index (χ3n) is 3.72. The second-order valence-corrected chi connectivity index (χ2v) is 5.69. The van der Waals surface area contributed by atoms with Gasteiger partial charge in [-0.25, -0.2) is 4.39 Å². The molecule has 1 saturated heterocycles. The summed E-state index contributed by atoms with van der Waals surface area (Å²) in [5.41, 5.74) is 2.13. The zero-order valence-corrected chi connectivity index (χ0v) is 12.3. The molecule has 4 heteroatoms. The summed E-state index contributed by atoms with van der Waals surface area (Å²) in [6.45, 7) is 1.30. The molecule has 0 bridgehead atoms. The molecule has 0 amide bonds. The van der Waals surface area contributed by atoms with Gasteiger partial charge in [0, 0.05) is 23.2 Å². The summed E-state index contributed by atoms with van der Waals surface area (Å²) in [5, 5.41) is 3.90. The molecule has 1 heterocycles. The minimum Gasteiger partial charge on any atom is -0.371 e. The molecule has 0 saturated carbocycles. The third kappa shape index (κ3) is 3.62. The van der Waals surface area contributed by atoms with E-state index in [0.717, 1.165) is 12.0 Å². The summed E-state index contributed by atoms with van der Waals surface area (Å²) < 4.78 is 19.0. The molecule has 3 rings (SSSR count). The van der Waals surface area contributed by atoms with E-state index in [9.17, 15) is 4.39 Å². The summed E-state index contributed by atoms with van der Waals surface area (Å²) >= 11 is 6.08. The molecular weight excluding hydrogens is 289 g/mol. The van der Waals surface area contributed by atoms with Crippen molar-refractivity contribution >= 4 is 11.6 Å². The van der Waals surface area contributed by atoms with Crippen LogP contribution >= 0.6 is 11.6 Å². The average Bonchev–Trinajstić information content (AvgIpc) is 2.49. The van der Waals surface area contributed by atoms with Crippen molar-refractivity contribution in [3.63, 3.8) is 0 Å². The van der Waals surface area contributed by atoms with Crippen LogP contribution in [0.3, 0.4) is 0 Å². The van der Waals surface area contributed by atoms with E-state index >= 15 is 0 Å². The van der Waals surface area contributed by atoms with Crippen molar-refractivity contribution in [2.75, 3.05) is 13.2 Å². The minimum absolute atomic E-state index is 0.120. The quantitative estimate of drug-likeness (QED) is 0.932. The summed E-state index contributed by atoms with van der Waals surface area (Å²) in [6.07, 6.45) is 0.815. The molecule has 2 atom stereocenters. The van der Waals surface area contributed by atoms with Gasteiger partial charge in [-0.1, -0.05) is 48.0 Å². The lowest BCUT2D eigenvalue weighted by Crippen LogP contribution is -2.44. The fourth-order valence-electron chi connectivity index (χ4n) is 2.62. The standard InChI is InChI=1S/C17H17ClFNO/c18-16-9-13(19)6-7-15(16)17-10-20-14(11-21-17)8-12-4-2-1-3-5-12/h1-7,9,14,17,20H,8,10-11H2. The first-order valence-electron chi connectivity index (χ1n) is 7.06. The molecule has 2 unspecified atom stereocenters. The van der Waals surface area contributed by atoms with Gasteiger partial charge in [0.2, 0.25) is 0 Å². The molecule has 0 aromatic heterocycles. The first kappa shape index (κ1) is 14.5. The number of ether oxygens (including phenoxy) is 1. The van der Waals surface area contributed by atoms with Gasteiger partial charge in [0.1, 0.15) is 5.82 Å². The summed E-state index contributed by atoms with van der Waals surface area (Å²) in [6, 6.07) is 15.1. The Bertz CT molecular complexity index is 597. The normalized spacial score (nSPS) is 22.2. The van der Waals surface area contributed by atoms with Crippen LogP contribution in [-0.4, -0.2) is 19.2 Å². The van der Waals surface area contributed by atoms with E-state index in [1.165, 1.54) is 17.7 Å². The van der Waals surface area contributed by atoms with Gasteiger partial charge in [0.05, 0.1) is 12.7 Å². The third-order valence-corrected chi connectivity index (χ3v) is 4.05. The minimum atomic E-state index is -0.325. The molecule has 2 nitrogen and oxygen atoms in total. The lowest BCUT2D eigenvalue weighted by molar-refractivity contribution is 0.00310. The number of nitrogens with one attached hydrogen (secondary N) is 1. The lowest BCUT2D eigenvalue weighted by Gasteiger charge is -2.31. The Kier molecular flexibility index (Phi) is 4.54. The van der Waals surface area contributed by atoms with Gasteiger partial charge >= 0.3 is 0 Å². The number of hydrogen-bond donors (Lipinski definition) is 1. The molecule has 1 N–H and O–H groups in total. The Morgan fingerprint density at radius 2 is 2.00 bits per heavy atom. The van der Waals surface area contributed by atoms with Crippen LogP contribution in [0.2, 0.25) is 5.02 Å². The lowest BCUT2D eigenvalue weighted by atomic mass is 10.0. The molecule has 0 radical (unpaired) electrons. The van der Waals surface area contributed by atoms with E-state index < -0.39 is 0 Å².